The number of nitrogens with zero attached hydrogens (tertiary/aromatic N) is 9. The van der Waals surface area contributed by atoms with Crippen molar-refractivity contribution in [1.29, 1.82) is 0 Å². The second-order valence-corrected chi connectivity index (χ2v) is 31.4. The smallest absolute Gasteiger partial charge is 0.351 e. The fraction of sp³-hybridized carbons (Fsp3) is 0.736. The molecule has 0 bridgehead atoms. The number of aromatic nitrogens is 9. The number of nitrogens with two attached hydrogens (primary N) is 1. The summed E-state index contributed by atoms with van der Waals surface area (Å²) in [6, 6.07) is 2.72. The van der Waals surface area contributed by atoms with E-state index in [2.05, 4.69) is 89.5 Å². The maximum absolute atomic E-state index is 12.7. The molecule has 7 aliphatic heterocycles. The Labute approximate surface area is 606 Å². The van der Waals surface area contributed by atoms with E-state index < -0.39 is 48.7 Å². The number of ketones is 2. The molecule has 4 amide bonds. The fourth-order valence-corrected chi connectivity index (χ4v) is 18.3. The van der Waals surface area contributed by atoms with E-state index in [-0.39, 0.29) is 67.9 Å². The number of amides is 4. The summed E-state index contributed by atoms with van der Waals surface area (Å²) in [6.07, 6.45) is 23.4. The van der Waals surface area contributed by atoms with Crippen molar-refractivity contribution >= 4 is 86.8 Å². The molecule has 12 heterocycles. The van der Waals surface area contributed by atoms with Gasteiger partial charge < -0.3 is 76.8 Å². The first-order chi connectivity index (χ1) is 49.0. The van der Waals surface area contributed by atoms with Crippen LogP contribution in [0.25, 0.3) is 22.2 Å². The molecule has 0 radical (unpaired) electrons. The van der Waals surface area contributed by atoms with E-state index in [0.29, 0.717) is 120 Å². The molecule has 5 aromatic heterocycles. The van der Waals surface area contributed by atoms with Gasteiger partial charge in [0.15, 0.2) is 29.4 Å². The van der Waals surface area contributed by atoms with Crippen molar-refractivity contribution < 1.29 is 53.8 Å². The Hall–Kier alpha value is -6.25. The SMILES string of the molecule is C.CCC.CC[C@H]1O[C@@H](n2cc(CCCC[C@H]3O[C@@H](n4ccc5c(NCCCCCC(=O)CCCCC6SCC7NC(=O)NC76)ncnc54)[C@@H](O)C3O)c(N)nc2=O)C[C@@H]1C.O=C(CCCCCNc1ncnc2c1ncn2[C@@H]1O[C@H](CC2CC2)C(O)[C@@H]1O)CCCCC1SCC2NC(=O)NC21. The lowest BCUT2D eigenvalue weighted by molar-refractivity contribution is -0.120. The van der Waals surface area contributed by atoms with Gasteiger partial charge in [0.1, 0.15) is 72.1 Å². The molecule has 0 spiro atoms. The Balaban J connectivity index is 0.000000219. The Morgan fingerprint density at radius 3 is 1.77 bits per heavy atom. The second-order valence-electron chi connectivity index (χ2n) is 28.8. The van der Waals surface area contributed by atoms with Crippen LogP contribution in [0.5, 0.6) is 0 Å². The number of aryl methyl sites for hydroxylation is 1. The van der Waals surface area contributed by atoms with E-state index in [9.17, 15) is 44.4 Å². The highest BCUT2D eigenvalue weighted by atomic mass is 32.2. The maximum atomic E-state index is 12.7. The number of carbonyl (C=O) groups is 4. The van der Waals surface area contributed by atoms with Crippen LogP contribution in [0.2, 0.25) is 0 Å². The van der Waals surface area contributed by atoms with Crippen LogP contribution in [0.15, 0.2) is 42.2 Å². The van der Waals surface area contributed by atoms with E-state index in [4.69, 9.17) is 19.9 Å². The van der Waals surface area contributed by atoms with Gasteiger partial charge in [-0.25, -0.2) is 39.3 Å². The van der Waals surface area contributed by atoms with Gasteiger partial charge in [-0.2, -0.15) is 28.5 Å². The third kappa shape index (κ3) is 19.8. The lowest BCUT2D eigenvalue weighted by Gasteiger charge is -2.18. The zero-order valence-corrected chi connectivity index (χ0v) is 60.7. The topological polar surface area (TPSA) is 384 Å². The van der Waals surface area contributed by atoms with Gasteiger partial charge in [0.05, 0.1) is 54.2 Å². The predicted molar refractivity (Wildman–Crippen MR) is 395 cm³/mol. The number of thioether (sulfide) groups is 2. The highest BCUT2D eigenvalue weighted by Crippen LogP contribution is 2.42. The van der Waals surface area contributed by atoms with Crippen LogP contribution in [-0.4, -0.2) is 190 Å². The molecule has 7 saturated heterocycles. The molecule has 102 heavy (non-hydrogen) atoms. The van der Waals surface area contributed by atoms with Crippen LogP contribution in [0.4, 0.5) is 27.0 Å². The molecule has 1 saturated carbocycles. The minimum atomic E-state index is -1.14. The first kappa shape index (κ1) is 78.3. The molecule has 8 fully saturated rings. The minimum absolute atomic E-state index is 0. The number of nitrogen functional groups attached to an aromatic ring is 1. The van der Waals surface area contributed by atoms with Crippen molar-refractivity contribution in [3.63, 3.8) is 0 Å². The third-order valence-electron chi connectivity index (χ3n) is 21.0. The molecular formula is C72H112N16O12S2. The van der Waals surface area contributed by atoms with Crippen LogP contribution in [0.1, 0.15) is 220 Å². The van der Waals surface area contributed by atoms with E-state index in [0.717, 1.165) is 138 Å². The van der Waals surface area contributed by atoms with Gasteiger partial charge in [0, 0.05) is 78.7 Å². The van der Waals surface area contributed by atoms with E-state index >= 15 is 0 Å². The average molecular weight is 1460 g/mol. The lowest BCUT2D eigenvalue weighted by Crippen LogP contribution is -2.36. The fourth-order valence-electron chi connectivity index (χ4n) is 15.2. The van der Waals surface area contributed by atoms with Gasteiger partial charge in [-0.1, -0.05) is 86.5 Å². The van der Waals surface area contributed by atoms with Gasteiger partial charge >= 0.3 is 17.8 Å². The summed E-state index contributed by atoms with van der Waals surface area (Å²) in [5.74, 6) is 5.02. The Morgan fingerprint density at radius 1 is 0.627 bits per heavy atom. The monoisotopic (exact) mass is 1460 g/mol. The first-order valence-corrected chi connectivity index (χ1v) is 39.5. The number of hydrogen-bond acceptors (Lipinski definition) is 23. The molecule has 28 nitrogen and oxygen atoms in total. The molecule has 8 aliphatic rings. The number of imidazole rings is 1. The standard InChI is InChI=1S/C40H59N9O7S.C28H41N7O5S.C3H8.CH4/c1-3-28-23(2)19-31(55-28)49-20-24(35(41)47-40(49)54)11-6-8-14-29-33(51)34(52)38(56-29)48-18-16-26-36(43-22-44-37(26)48)42-17-10-4-5-12-25(50)13-7-9-15-30-32-27(21-57-30)45-39(53)46-32;36-17(7-3-4-8-20-21-18(13-41-20)33-28(39)34-21)6-2-1-5-11-29-25-22-26(31-14-30-25)35(15-32-22)27-24(38)23(37)19(40-27)12-16-9-10-16;1-3-2;/h16,18,20,22-23,27-34,38,51-52H,3-15,17,19,21H2,1-2H3,(H2,41,47,54)(H,42,43,44)(H2,45,46,53);14-16,18-21,23-24,27,37-38H,1-13H2,(H,29,30,31)(H2,33,34,39);3H2,1-2H3;1H4/t23-,27?,28+,29+,30?,31+,32?,33?,34-,38+;18?,19-,20?,21?,23?,24+,27-;;/m01../s1. The van der Waals surface area contributed by atoms with E-state index in [1.807, 2.05) is 29.6 Å². The summed E-state index contributed by atoms with van der Waals surface area (Å²) >= 11 is 3.83. The molecule has 13 rings (SSSR count). The zero-order chi connectivity index (χ0) is 71.1. The largest absolute Gasteiger partial charge is 0.388 e. The van der Waals surface area contributed by atoms with Crippen molar-refractivity contribution in [2.75, 3.05) is 41.0 Å². The Kier molecular flexibility index (Phi) is 28.9. The number of nitrogens with one attached hydrogen (secondary N) is 6. The summed E-state index contributed by atoms with van der Waals surface area (Å²) in [6.45, 7) is 9.86. The number of Topliss-reactive ketones (excluding diaryl/α,β-unsaturated/α-hetero) is 2. The molecule has 17 atom stereocenters. The van der Waals surface area contributed by atoms with Crippen molar-refractivity contribution in [2.45, 2.75) is 298 Å². The quantitative estimate of drug-likeness (QED) is 0.0133. The summed E-state index contributed by atoms with van der Waals surface area (Å²) < 4.78 is 23.4. The number of carbonyl (C=O) groups excluding carboxylic acids is 4. The van der Waals surface area contributed by atoms with E-state index in [1.165, 1.54) is 19.1 Å². The molecule has 0 aromatic carbocycles. The van der Waals surface area contributed by atoms with Crippen molar-refractivity contribution in [2.24, 2.45) is 11.8 Å². The molecule has 8 unspecified atom stereocenters. The number of anilines is 3. The number of aliphatic hydroxyl groups is 4. The van der Waals surface area contributed by atoms with Crippen LogP contribution in [-0.2, 0) is 30.2 Å². The van der Waals surface area contributed by atoms with Crippen molar-refractivity contribution in [3.05, 3.63) is 53.5 Å². The Morgan fingerprint density at radius 2 is 1.18 bits per heavy atom. The molecule has 30 heteroatoms. The number of urea groups is 2. The number of fused-ring (bicyclic) bond motifs is 4. The van der Waals surface area contributed by atoms with Crippen LogP contribution >= 0.6 is 23.5 Å². The summed E-state index contributed by atoms with van der Waals surface area (Å²) in [7, 11) is 0. The van der Waals surface area contributed by atoms with Gasteiger partial charge in [-0.05, 0) is 108 Å². The van der Waals surface area contributed by atoms with Crippen molar-refractivity contribution in [3.8, 4) is 0 Å². The molecule has 12 N–H and O–H groups in total. The van der Waals surface area contributed by atoms with Crippen LogP contribution in [0, 0.1) is 11.8 Å². The minimum Gasteiger partial charge on any atom is -0.388 e. The van der Waals surface area contributed by atoms with Crippen LogP contribution in [0.3, 0.4) is 0 Å². The average Bonchev–Trinajstić information content (AvgIpc) is 1.62. The maximum Gasteiger partial charge on any atom is 0.351 e. The number of unbranched alkanes of at least 4 members (excludes halogenated alkanes) is 7. The number of ether oxygens (including phenoxy) is 3. The van der Waals surface area contributed by atoms with Gasteiger partial charge in [0.2, 0.25) is 0 Å². The zero-order valence-electron chi connectivity index (χ0n) is 59.0. The van der Waals surface area contributed by atoms with E-state index in [1.54, 1.807) is 32.4 Å². The van der Waals surface area contributed by atoms with Crippen LogP contribution < -0.4 is 43.3 Å². The van der Waals surface area contributed by atoms with Crippen molar-refractivity contribution in [1.82, 2.24) is 64.9 Å². The molecular weight excluding hydrogens is 1350 g/mol. The van der Waals surface area contributed by atoms with Gasteiger partial charge in [-0.3, -0.25) is 18.7 Å². The second kappa shape index (κ2) is 37.6. The number of rotatable bonds is 35. The normalized spacial score (nSPS) is 29.1. The predicted octanol–water partition coefficient (Wildman–Crippen LogP) is 8.77. The third-order valence-corrected chi connectivity index (χ3v) is 24.0. The summed E-state index contributed by atoms with van der Waals surface area (Å²) in [5.41, 5.74) is 8.25. The number of hydrogen-bond donors (Lipinski definition) is 11. The first-order valence-electron chi connectivity index (χ1n) is 37.4. The number of aliphatic hydroxyl groups excluding tert-OH is 4. The highest BCUT2D eigenvalue weighted by Gasteiger charge is 2.48. The summed E-state index contributed by atoms with van der Waals surface area (Å²) in [4.78, 5) is 86.8. The Bertz CT molecular complexity index is 3600. The lowest BCUT2D eigenvalue weighted by atomic mass is 10.0. The highest BCUT2D eigenvalue weighted by molar-refractivity contribution is 8.00. The summed E-state index contributed by atoms with van der Waals surface area (Å²) in [5, 5.41) is 63.6. The molecule has 1 aliphatic carbocycles. The van der Waals surface area contributed by atoms with Gasteiger partial charge in [-0.15, -0.1) is 0 Å². The molecule has 5 aromatic rings. The van der Waals surface area contributed by atoms with Gasteiger partial charge in [0.25, 0.3) is 0 Å². The molecule has 564 valence electrons.